The molecule has 0 spiro atoms. The fourth-order valence-electron chi connectivity index (χ4n) is 0.766. The Balaban J connectivity index is 2.85. The lowest BCUT2D eigenvalue weighted by Gasteiger charge is -2.08. The first-order valence-corrected chi connectivity index (χ1v) is 3.85. The van der Waals surface area contributed by atoms with Crippen LogP contribution in [-0.2, 0) is 28.7 Å². The second-order valence-electron chi connectivity index (χ2n) is 2.59. The molecule has 0 amide bonds. The molecule has 0 saturated carbocycles. The van der Waals surface area contributed by atoms with Gasteiger partial charge in [0.25, 0.3) is 0 Å². The van der Waals surface area contributed by atoms with Crippen LogP contribution in [0.15, 0.2) is 12.2 Å². The first-order chi connectivity index (χ1) is 6.99. The van der Waals surface area contributed by atoms with Crippen LogP contribution in [0, 0.1) is 0 Å². The molecule has 1 atom stereocenters. The van der Waals surface area contributed by atoms with Gasteiger partial charge in [0.05, 0.1) is 6.42 Å². The second kappa shape index (κ2) is 4.47. The SMILES string of the molecule is O=C1/C=C\C(=O)OC(=O)C(O)CC(=O)O1. The van der Waals surface area contributed by atoms with Crippen molar-refractivity contribution < 1.29 is 33.8 Å². The zero-order valence-electron chi connectivity index (χ0n) is 7.34. The highest BCUT2D eigenvalue weighted by Gasteiger charge is 2.25. The largest absolute Gasteiger partial charge is 0.390 e. The molecule has 1 heterocycles. The first kappa shape index (κ1) is 11.1. The molecule has 0 radical (unpaired) electrons. The Kier molecular flexibility index (Phi) is 3.29. The molecule has 0 saturated heterocycles. The third kappa shape index (κ3) is 3.31. The van der Waals surface area contributed by atoms with Crippen LogP contribution in [0.4, 0.5) is 0 Å². The average Bonchev–Trinajstić information content (AvgIpc) is 2.13. The van der Waals surface area contributed by atoms with Gasteiger partial charge in [0, 0.05) is 12.2 Å². The van der Waals surface area contributed by atoms with Crippen molar-refractivity contribution in [1.82, 2.24) is 0 Å². The van der Waals surface area contributed by atoms with Crippen molar-refractivity contribution in [3.05, 3.63) is 12.2 Å². The molecule has 7 nitrogen and oxygen atoms in total. The van der Waals surface area contributed by atoms with E-state index in [0.29, 0.717) is 12.2 Å². The van der Waals surface area contributed by atoms with E-state index >= 15 is 0 Å². The third-order valence-corrected chi connectivity index (χ3v) is 1.40. The van der Waals surface area contributed by atoms with Crippen molar-refractivity contribution in [3.8, 4) is 0 Å². The molecule has 7 heteroatoms. The maximum absolute atomic E-state index is 10.8. The van der Waals surface area contributed by atoms with Gasteiger partial charge in [-0.05, 0) is 0 Å². The molecular formula is C8H6O7. The van der Waals surface area contributed by atoms with Gasteiger partial charge in [-0.3, -0.25) is 4.79 Å². The van der Waals surface area contributed by atoms with Crippen molar-refractivity contribution >= 4 is 23.9 Å². The molecule has 0 aliphatic carbocycles. The number of ether oxygens (including phenoxy) is 2. The number of aliphatic hydroxyl groups excluding tert-OH is 1. The van der Waals surface area contributed by atoms with E-state index in [1.165, 1.54) is 0 Å². The summed E-state index contributed by atoms with van der Waals surface area (Å²) >= 11 is 0. The summed E-state index contributed by atoms with van der Waals surface area (Å²) in [6.45, 7) is 0. The van der Waals surface area contributed by atoms with E-state index in [1.807, 2.05) is 0 Å². The highest BCUT2D eigenvalue weighted by molar-refractivity contribution is 6.01. The number of cyclic esters (lactones) is 4. The lowest BCUT2D eigenvalue weighted by molar-refractivity contribution is -0.169. The standard InChI is InChI=1S/C8H6O7/c9-4-3-7(12)14-5(10)1-2-6(11)15-8(4)13/h1-2,4,9H,3H2/b2-1-. The quantitative estimate of drug-likeness (QED) is 0.384. The lowest BCUT2D eigenvalue weighted by atomic mass is 10.2. The average molecular weight is 214 g/mol. The fourth-order valence-corrected chi connectivity index (χ4v) is 0.766. The van der Waals surface area contributed by atoms with E-state index in [0.717, 1.165) is 0 Å². The highest BCUT2D eigenvalue weighted by Crippen LogP contribution is 2.01. The molecule has 0 aromatic rings. The maximum atomic E-state index is 10.8. The molecule has 0 bridgehead atoms. The third-order valence-electron chi connectivity index (χ3n) is 1.40. The van der Waals surface area contributed by atoms with Crippen LogP contribution < -0.4 is 0 Å². The Bertz CT molecular complexity index is 354. The lowest BCUT2D eigenvalue weighted by Crippen LogP contribution is -2.30. The van der Waals surface area contributed by atoms with Gasteiger partial charge in [-0.2, -0.15) is 0 Å². The van der Waals surface area contributed by atoms with Crippen LogP contribution in [0.3, 0.4) is 0 Å². The minimum absolute atomic E-state index is 0.617. The van der Waals surface area contributed by atoms with Crippen molar-refractivity contribution in [2.75, 3.05) is 0 Å². The van der Waals surface area contributed by atoms with Crippen LogP contribution in [0.1, 0.15) is 6.42 Å². The highest BCUT2D eigenvalue weighted by atomic mass is 16.6. The van der Waals surface area contributed by atoms with Gasteiger partial charge in [-0.15, -0.1) is 0 Å². The molecule has 0 aromatic carbocycles. The number of carbonyl (C=O) groups is 4. The number of hydrogen-bond donors (Lipinski definition) is 1. The summed E-state index contributed by atoms with van der Waals surface area (Å²) in [5, 5.41) is 9.01. The Morgan fingerprint density at radius 3 is 2.20 bits per heavy atom. The Morgan fingerprint density at radius 1 is 1.07 bits per heavy atom. The molecule has 1 rings (SSSR count). The zero-order valence-corrected chi connectivity index (χ0v) is 7.34. The molecule has 0 aromatic heterocycles. The molecule has 80 valence electrons. The van der Waals surface area contributed by atoms with Crippen molar-refractivity contribution in [1.29, 1.82) is 0 Å². The van der Waals surface area contributed by atoms with Gasteiger partial charge in [-0.25, -0.2) is 14.4 Å². The van der Waals surface area contributed by atoms with E-state index in [1.54, 1.807) is 0 Å². The molecule has 1 aliphatic rings. The normalized spacial score (nSPS) is 25.5. The van der Waals surface area contributed by atoms with Crippen LogP contribution >= 0.6 is 0 Å². The predicted molar refractivity (Wildman–Crippen MR) is 42.0 cm³/mol. The van der Waals surface area contributed by atoms with Crippen LogP contribution in [0.25, 0.3) is 0 Å². The number of esters is 4. The summed E-state index contributed by atoms with van der Waals surface area (Å²) in [7, 11) is 0. The Hall–Kier alpha value is -2.02. The number of carbonyl (C=O) groups excluding carboxylic acids is 4. The first-order valence-electron chi connectivity index (χ1n) is 3.85. The van der Waals surface area contributed by atoms with Crippen LogP contribution in [0.5, 0.6) is 0 Å². The van der Waals surface area contributed by atoms with Gasteiger partial charge in [-0.1, -0.05) is 0 Å². The smallest absolute Gasteiger partial charge is 0.343 e. The second-order valence-corrected chi connectivity index (χ2v) is 2.59. The number of aliphatic hydroxyl groups is 1. The van der Waals surface area contributed by atoms with E-state index in [4.69, 9.17) is 5.11 Å². The van der Waals surface area contributed by atoms with Gasteiger partial charge in [0.1, 0.15) is 0 Å². The topological polar surface area (TPSA) is 107 Å². The van der Waals surface area contributed by atoms with Gasteiger partial charge in [0.2, 0.25) is 0 Å². The van der Waals surface area contributed by atoms with Crippen LogP contribution in [-0.4, -0.2) is 35.1 Å². The fraction of sp³-hybridized carbons (Fsp3) is 0.250. The van der Waals surface area contributed by atoms with E-state index < -0.39 is 36.4 Å². The van der Waals surface area contributed by atoms with Gasteiger partial charge in [0.15, 0.2) is 6.10 Å². The molecule has 1 unspecified atom stereocenters. The maximum Gasteiger partial charge on any atom is 0.343 e. The van der Waals surface area contributed by atoms with Gasteiger partial charge < -0.3 is 14.6 Å². The summed E-state index contributed by atoms with van der Waals surface area (Å²) in [6, 6.07) is 0. The van der Waals surface area contributed by atoms with Crippen molar-refractivity contribution in [2.24, 2.45) is 0 Å². The summed E-state index contributed by atoms with van der Waals surface area (Å²) < 4.78 is 8.17. The summed E-state index contributed by atoms with van der Waals surface area (Å²) in [4.78, 5) is 43.2. The zero-order chi connectivity index (χ0) is 11.4. The molecule has 15 heavy (non-hydrogen) atoms. The number of rotatable bonds is 0. The van der Waals surface area contributed by atoms with Gasteiger partial charge >= 0.3 is 23.9 Å². The summed E-state index contributed by atoms with van der Waals surface area (Å²) in [5.74, 6) is -4.54. The number of hydrogen-bond acceptors (Lipinski definition) is 7. The van der Waals surface area contributed by atoms with Crippen LogP contribution in [0.2, 0.25) is 0 Å². The van der Waals surface area contributed by atoms with E-state index in [2.05, 4.69) is 9.47 Å². The van der Waals surface area contributed by atoms with Crippen molar-refractivity contribution in [2.45, 2.75) is 12.5 Å². The Morgan fingerprint density at radius 2 is 1.60 bits per heavy atom. The summed E-state index contributed by atoms with van der Waals surface area (Å²) in [6.07, 6.45) is -1.30. The molecule has 0 fully saturated rings. The van der Waals surface area contributed by atoms with E-state index in [9.17, 15) is 19.2 Å². The predicted octanol–water partition coefficient (Wildman–Crippen LogP) is -1.55. The Labute approximate surface area is 83.3 Å². The molecular weight excluding hydrogens is 208 g/mol. The molecule has 1 aliphatic heterocycles. The minimum Gasteiger partial charge on any atom is -0.390 e. The van der Waals surface area contributed by atoms with Crippen molar-refractivity contribution in [3.63, 3.8) is 0 Å². The minimum atomic E-state index is -1.82. The van der Waals surface area contributed by atoms with E-state index in [-0.39, 0.29) is 0 Å². The summed E-state index contributed by atoms with van der Waals surface area (Å²) in [5.41, 5.74) is 0. The molecule has 1 N–H and O–H groups in total. The monoisotopic (exact) mass is 214 g/mol.